The van der Waals surface area contributed by atoms with E-state index in [1.54, 1.807) is 6.92 Å². The molecule has 2 aromatic carbocycles. The van der Waals surface area contributed by atoms with Gasteiger partial charge in [0.25, 0.3) is 0 Å². The fraction of sp³-hybridized carbons (Fsp3) is 0.167. The highest BCUT2D eigenvalue weighted by Gasteiger charge is 2.33. The zero-order valence-corrected chi connectivity index (χ0v) is 15.1. The molecule has 0 saturated carbocycles. The van der Waals surface area contributed by atoms with Gasteiger partial charge in [-0.3, -0.25) is 9.59 Å². The molecule has 2 rings (SSSR count). The Balaban J connectivity index is 2.15. The standard InChI is InChI=1S/C18H14ClF3N2O4/c1-2-28-17(27)11-5-3-4-6-14(11)24-16(26)15(25)23-10-7-8-13(19)12(9-10)18(20,21)22/h3-9H,2H2,1H3,(H,23,25)(H,24,26). The van der Waals surface area contributed by atoms with Crippen LogP contribution in [0.1, 0.15) is 22.8 Å². The lowest BCUT2D eigenvalue weighted by Crippen LogP contribution is -2.30. The van der Waals surface area contributed by atoms with Crippen molar-refractivity contribution >= 4 is 40.8 Å². The van der Waals surface area contributed by atoms with Gasteiger partial charge in [0.05, 0.1) is 28.4 Å². The summed E-state index contributed by atoms with van der Waals surface area (Å²) in [5, 5.41) is 3.73. The summed E-state index contributed by atoms with van der Waals surface area (Å²) in [6.07, 6.45) is -4.72. The molecule has 6 nitrogen and oxygen atoms in total. The van der Waals surface area contributed by atoms with Crippen LogP contribution in [-0.2, 0) is 20.5 Å². The highest BCUT2D eigenvalue weighted by molar-refractivity contribution is 6.44. The molecule has 0 aliphatic carbocycles. The molecular weight excluding hydrogens is 401 g/mol. The van der Waals surface area contributed by atoms with Gasteiger partial charge in [-0.15, -0.1) is 0 Å². The van der Waals surface area contributed by atoms with Gasteiger partial charge in [-0.25, -0.2) is 4.79 Å². The van der Waals surface area contributed by atoms with Crippen molar-refractivity contribution in [2.45, 2.75) is 13.1 Å². The number of halogens is 4. The van der Waals surface area contributed by atoms with Crippen LogP contribution in [0, 0.1) is 0 Å². The van der Waals surface area contributed by atoms with E-state index in [9.17, 15) is 27.6 Å². The molecule has 2 N–H and O–H groups in total. The third kappa shape index (κ3) is 5.23. The molecule has 0 aromatic heterocycles. The minimum absolute atomic E-state index is 0.0215. The predicted octanol–water partition coefficient (Wildman–Crippen LogP) is 4.11. The van der Waals surface area contributed by atoms with Crippen LogP contribution in [0.2, 0.25) is 5.02 Å². The molecule has 0 saturated heterocycles. The predicted molar refractivity (Wildman–Crippen MR) is 96.1 cm³/mol. The highest BCUT2D eigenvalue weighted by atomic mass is 35.5. The largest absolute Gasteiger partial charge is 0.462 e. The highest BCUT2D eigenvalue weighted by Crippen LogP contribution is 2.36. The number of ether oxygens (including phenoxy) is 1. The molecule has 0 spiro atoms. The van der Waals surface area contributed by atoms with Gasteiger partial charge in [-0.05, 0) is 37.3 Å². The molecule has 28 heavy (non-hydrogen) atoms. The molecule has 0 atom stereocenters. The summed E-state index contributed by atoms with van der Waals surface area (Å²) in [4.78, 5) is 36.0. The second-order valence-corrected chi connectivity index (χ2v) is 5.77. The second-order valence-electron chi connectivity index (χ2n) is 5.37. The Morgan fingerprint density at radius 2 is 1.68 bits per heavy atom. The van der Waals surface area contributed by atoms with Crippen molar-refractivity contribution in [3.63, 3.8) is 0 Å². The van der Waals surface area contributed by atoms with E-state index in [2.05, 4.69) is 5.32 Å². The smallest absolute Gasteiger partial charge is 0.417 e. The normalized spacial score (nSPS) is 10.9. The van der Waals surface area contributed by atoms with E-state index in [-0.39, 0.29) is 23.5 Å². The second kappa shape index (κ2) is 8.75. The number of amides is 2. The Hall–Kier alpha value is -3.07. The summed E-state index contributed by atoms with van der Waals surface area (Å²) in [6, 6.07) is 8.50. The van der Waals surface area contributed by atoms with E-state index in [0.29, 0.717) is 6.07 Å². The first-order chi connectivity index (χ1) is 13.1. The Kier molecular flexibility index (Phi) is 6.63. The van der Waals surface area contributed by atoms with Crippen molar-refractivity contribution in [3.05, 3.63) is 58.6 Å². The number of hydrogen-bond acceptors (Lipinski definition) is 4. The van der Waals surface area contributed by atoms with Gasteiger partial charge in [0, 0.05) is 5.69 Å². The van der Waals surface area contributed by atoms with E-state index in [1.165, 1.54) is 24.3 Å². The third-order valence-electron chi connectivity index (χ3n) is 3.41. The van der Waals surface area contributed by atoms with Gasteiger partial charge in [0.1, 0.15) is 0 Å². The van der Waals surface area contributed by atoms with Crippen molar-refractivity contribution in [1.29, 1.82) is 0 Å². The van der Waals surface area contributed by atoms with Crippen LogP contribution in [0.3, 0.4) is 0 Å². The van der Waals surface area contributed by atoms with E-state index >= 15 is 0 Å². The van der Waals surface area contributed by atoms with Gasteiger partial charge in [0.15, 0.2) is 0 Å². The van der Waals surface area contributed by atoms with Gasteiger partial charge in [0.2, 0.25) is 0 Å². The maximum Gasteiger partial charge on any atom is 0.417 e. The van der Waals surface area contributed by atoms with Crippen LogP contribution >= 0.6 is 11.6 Å². The third-order valence-corrected chi connectivity index (χ3v) is 3.74. The van der Waals surface area contributed by atoms with Gasteiger partial charge < -0.3 is 15.4 Å². The zero-order valence-electron chi connectivity index (χ0n) is 14.4. The fourth-order valence-electron chi connectivity index (χ4n) is 2.17. The number of anilines is 2. The molecule has 0 heterocycles. The van der Waals surface area contributed by atoms with Crippen molar-refractivity contribution in [2.75, 3.05) is 17.2 Å². The van der Waals surface area contributed by atoms with Crippen LogP contribution in [0.5, 0.6) is 0 Å². The number of hydrogen-bond donors (Lipinski definition) is 2. The summed E-state index contributed by atoms with van der Waals surface area (Å²) in [6.45, 7) is 1.72. The maximum atomic E-state index is 12.9. The summed E-state index contributed by atoms with van der Waals surface area (Å²) >= 11 is 5.50. The van der Waals surface area contributed by atoms with E-state index in [1.807, 2.05) is 5.32 Å². The molecule has 0 bridgehead atoms. The molecule has 10 heteroatoms. The minimum Gasteiger partial charge on any atom is -0.462 e. The average molecular weight is 415 g/mol. The molecule has 0 fully saturated rings. The quantitative estimate of drug-likeness (QED) is 0.582. The summed E-state index contributed by atoms with van der Waals surface area (Å²) in [5.41, 5.74) is -1.37. The topological polar surface area (TPSA) is 84.5 Å². The maximum absolute atomic E-state index is 12.9. The SMILES string of the molecule is CCOC(=O)c1ccccc1NC(=O)C(=O)Nc1ccc(Cl)c(C(F)(F)F)c1. The van der Waals surface area contributed by atoms with Crippen molar-refractivity contribution in [2.24, 2.45) is 0 Å². The molecule has 148 valence electrons. The van der Waals surface area contributed by atoms with Crippen molar-refractivity contribution in [1.82, 2.24) is 0 Å². The van der Waals surface area contributed by atoms with Crippen molar-refractivity contribution < 1.29 is 32.3 Å². The summed E-state index contributed by atoms with van der Waals surface area (Å²) in [7, 11) is 0. The van der Waals surface area contributed by atoms with Crippen LogP contribution in [0.15, 0.2) is 42.5 Å². The molecule has 0 radical (unpaired) electrons. The van der Waals surface area contributed by atoms with Crippen LogP contribution in [-0.4, -0.2) is 24.4 Å². The van der Waals surface area contributed by atoms with Crippen LogP contribution < -0.4 is 10.6 Å². The lowest BCUT2D eigenvalue weighted by molar-refractivity contribution is -0.137. The van der Waals surface area contributed by atoms with Crippen LogP contribution in [0.25, 0.3) is 0 Å². The van der Waals surface area contributed by atoms with E-state index in [4.69, 9.17) is 16.3 Å². The fourth-order valence-corrected chi connectivity index (χ4v) is 2.39. The first kappa shape index (κ1) is 21.2. The number of alkyl halides is 3. The minimum atomic E-state index is -4.72. The number of benzene rings is 2. The van der Waals surface area contributed by atoms with E-state index < -0.39 is 34.5 Å². The zero-order chi connectivity index (χ0) is 20.9. The van der Waals surface area contributed by atoms with Gasteiger partial charge >= 0.3 is 24.0 Å². The summed E-state index contributed by atoms with van der Waals surface area (Å²) < 4.78 is 43.5. The number of esters is 1. The number of nitrogens with one attached hydrogen (secondary N) is 2. The lowest BCUT2D eigenvalue weighted by atomic mass is 10.1. The van der Waals surface area contributed by atoms with Crippen LogP contribution in [0.4, 0.5) is 24.5 Å². The first-order valence-electron chi connectivity index (χ1n) is 7.88. The number of rotatable bonds is 4. The monoisotopic (exact) mass is 414 g/mol. The molecular formula is C18H14ClF3N2O4. The number of carbonyl (C=O) groups is 3. The van der Waals surface area contributed by atoms with Gasteiger partial charge in [-0.1, -0.05) is 23.7 Å². The molecule has 2 aromatic rings. The molecule has 0 aliphatic heterocycles. The molecule has 2 amide bonds. The Morgan fingerprint density at radius 1 is 1.04 bits per heavy atom. The summed E-state index contributed by atoms with van der Waals surface area (Å²) in [5.74, 6) is -3.11. The van der Waals surface area contributed by atoms with Crippen molar-refractivity contribution in [3.8, 4) is 0 Å². The lowest BCUT2D eigenvalue weighted by Gasteiger charge is -2.12. The average Bonchev–Trinajstić information content (AvgIpc) is 2.63. The molecule has 0 unspecified atom stereocenters. The Labute approximate surface area is 162 Å². The number of para-hydroxylation sites is 1. The molecule has 0 aliphatic rings. The van der Waals surface area contributed by atoms with E-state index in [0.717, 1.165) is 12.1 Å². The Morgan fingerprint density at radius 3 is 2.32 bits per heavy atom. The first-order valence-corrected chi connectivity index (χ1v) is 8.26. The number of carbonyl (C=O) groups excluding carboxylic acids is 3. The Bertz CT molecular complexity index is 916. The van der Waals surface area contributed by atoms with Gasteiger partial charge in [-0.2, -0.15) is 13.2 Å².